The maximum absolute atomic E-state index is 13.9. The highest BCUT2D eigenvalue weighted by atomic mass is 35.5. The number of hydrogen-bond acceptors (Lipinski definition) is 6. The molecule has 0 fully saturated rings. The van der Waals surface area contributed by atoms with Crippen molar-refractivity contribution in [1.29, 1.82) is 0 Å². The Morgan fingerprint density at radius 3 is 2.56 bits per heavy atom. The van der Waals surface area contributed by atoms with Crippen molar-refractivity contribution in [3.8, 4) is 11.5 Å². The molecule has 0 aromatic carbocycles. The molecule has 0 atom stereocenters. The largest absolute Gasteiger partial charge is 0.619 e. The summed E-state index contributed by atoms with van der Waals surface area (Å²) in [5, 5.41) is 25.3. The maximum atomic E-state index is 13.9. The van der Waals surface area contributed by atoms with Gasteiger partial charge in [-0.3, -0.25) is 4.79 Å². The molecule has 10 nitrogen and oxygen atoms in total. The van der Waals surface area contributed by atoms with E-state index in [9.17, 15) is 23.2 Å². The summed E-state index contributed by atoms with van der Waals surface area (Å²) >= 11 is 6.13. The van der Waals surface area contributed by atoms with Crippen molar-refractivity contribution in [2.24, 2.45) is 0 Å². The molecule has 164 valence electrons. The van der Waals surface area contributed by atoms with Crippen LogP contribution in [0.2, 0.25) is 5.02 Å². The number of aryl methyl sites for hydroxylation is 1. The molecule has 4 aromatic heterocycles. The van der Waals surface area contributed by atoms with E-state index in [2.05, 4.69) is 25.6 Å². The third-order valence-electron chi connectivity index (χ3n) is 4.30. The fraction of sp³-hybridized carbons (Fsp3) is 0.111. The first kappa shape index (κ1) is 21.2. The molecule has 0 saturated carbocycles. The number of nitrogens with one attached hydrogen (secondary N) is 1. The summed E-state index contributed by atoms with van der Waals surface area (Å²) in [7, 11) is 0. The maximum Gasteiger partial charge on any atom is 0.434 e. The number of carbonyl (C=O) groups is 1. The second kappa shape index (κ2) is 7.92. The molecule has 0 aliphatic rings. The SMILES string of the molecule is Cc1c[n+]([O-])ccc1-n1ncc(C(=O)Nc2cnc(-n3nccn3)c(Cl)c2)c1C(F)(F)F. The van der Waals surface area contributed by atoms with Gasteiger partial charge in [-0.25, -0.2) is 9.67 Å². The summed E-state index contributed by atoms with van der Waals surface area (Å²) in [4.78, 5) is 17.8. The Balaban J connectivity index is 1.69. The molecule has 0 unspecified atom stereocenters. The van der Waals surface area contributed by atoms with Crippen LogP contribution in [0.4, 0.5) is 18.9 Å². The lowest BCUT2D eigenvalue weighted by Gasteiger charge is -2.14. The Labute approximate surface area is 182 Å². The van der Waals surface area contributed by atoms with Crippen LogP contribution >= 0.6 is 11.6 Å². The fourth-order valence-corrected chi connectivity index (χ4v) is 3.19. The summed E-state index contributed by atoms with van der Waals surface area (Å²) in [5.41, 5.74) is -1.71. The van der Waals surface area contributed by atoms with Gasteiger partial charge in [-0.2, -0.15) is 33.2 Å². The van der Waals surface area contributed by atoms with Gasteiger partial charge in [0.25, 0.3) is 5.91 Å². The molecule has 4 heterocycles. The van der Waals surface area contributed by atoms with Gasteiger partial charge in [0.1, 0.15) is 0 Å². The van der Waals surface area contributed by atoms with Gasteiger partial charge in [-0.15, -0.1) is 4.80 Å². The molecule has 0 saturated heterocycles. The summed E-state index contributed by atoms with van der Waals surface area (Å²) in [6, 6.07) is 2.48. The van der Waals surface area contributed by atoms with Crippen LogP contribution in [0.1, 0.15) is 21.6 Å². The van der Waals surface area contributed by atoms with E-state index in [0.717, 1.165) is 23.4 Å². The van der Waals surface area contributed by atoms with E-state index in [1.807, 2.05) is 0 Å². The van der Waals surface area contributed by atoms with Crippen LogP contribution in [0.15, 0.2) is 49.3 Å². The van der Waals surface area contributed by atoms with Crippen molar-refractivity contribution in [2.75, 3.05) is 5.32 Å². The Morgan fingerprint density at radius 1 is 1.22 bits per heavy atom. The number of alkyl halides is 3. The van der Waals surface area contributed by atoms with Gasteiger partial charge in [-0.05, 0) is 13.0 Å². The first-order valence-electron chi connectivity index (χ1n) is 8.83. The number of amides is 1. The van der Waals surface area contributed by atoms with Crippen molar-refractivity contribution < 1.29 is 22.7 Å². The Kier molecular flexibility index (Phi) is 5.26. The fourth-order valence-electron chi connectivity index (χ4n) is 2.95. The van der Waals surface area contributed by atoms with Crippen LogP contribution in [0.5, 0.6) is 0 Å². The summed E-state index contributed by atoms with van der Waals surface area (Å²) < 4.78 is 42.6. The minimum atomic E-state index is -4.91. The third kappa shape index (κ3) is 3.97. The number of rotatable bonds is 4. The molecular weight excluding hydrogens is 453 g/mol. The molecule has 32 heavy (non-hydrogen) atoms. The lowest BCUT2D eigenvalue weighted by molar-refractivity contribution is -0.605. The molecular formula is C18H12ClF3N8O2. The summed E-state index contributed by atoms with van der Waals surface area (Å²) in [5.74, 6) is -0.896. The number of nitrogens with zero attached hydrogens (tertiary/aromatic N) is 7. The first-order valence-corrected chi connectivity index (χ1v) is 9.21. The number of aromatic nitrogens is 7. The van der Waals surface area contributed by atoms with Gasteiger partial charge < -0.3 is 10.5 Å². The Hall–Kier alpha value is -4.00. The monoisotopic (exact) mass is 464 g/mol. The number of carbonyl (C=O) groups excluding carboxylic acids is 1. The molecule has 14 heteroatoms. The van der Waals surface area contributed by atoms with E-state index >= 15 is 0 Å². The van der Waals surface area contributed by atoms with Crippen LogP contribution in [-0.4, -0.2) is 35.7 Å². The smallest absolute Gasteiger partial charge is 0.434 e. The lowest BCUT2D eigenvalue weighted by Crippen LogP contribution is -2.26. The van der Waals surface area contributed by atoms with E-state index in [-0.39, 0.29) is 27.8 Å². The summed E-state index contributed by atoms with van der Waals surface area (Å²) in [6.45, 7) is 1.45. The summed E-state index contributed by atoms with van der Waals surface area (Å²) in [6.07, 6.45) is 2.05. The third-order valence-corrected chi connectivity index (χ3v) is 4.58. The van der Waals surface area contributed by atoms with Gasteiger partial charge in [0.2, 0.25) is 0 Å². The topological polar surface area (TPSA) is 117 Å². The average Bonchev–Trinajstić information content (AvgIpc) is 3.38. The van der Waals surface area contributed by atoms with Crippen molar-refractivity contribution >= 4 is 23.2 Å². The lowest BCUT2D eigenvalue weighted by atomic mass is 10.2. The van der Waals surface area contributed by atoms with Gasteiger partial charge in [0, 0.05) is 11.6 Å². The standard InChI is InChI=1S/C18H12ClF3N8O2/c1-10-9-28(32)5-2-14(10)29-15(18(20,21)22)12(8-26-29)17(31)27-11-6-13(19)16(23-7-11)30-24-3-4-25-30/h2-9H,1H3,(H,27,31). The number of pyridine rings is 2. The van der Waals surface area contributed by atoms with Crippen molar-refractivity contribution in [2.45, 2.75) is 13.1 Å². The molecule has 0 radical (unpaired) electrons. The zero-order chi connectivity index (χ0) is 23.0. The minimum absolute atomic E-state index is 0.00395. The van der Waals surface area contributed by atoms with Crippen LogP contribution in [-0.2, 0) is 6.18 Å². The molecule has 0 bridgehead atoms. The normalized spacial score (nSPS) is 11.5. The van der Waals surface area contributed by atoms with Crippen LogP contribution in [0.3, 0.4) is 0 Å². The van der Waals surface area contributed by atoms with Gasteiger partial charge in [-0.1, -0.05) is 11.6 Å². The highest BCUT2D eigenvalue weighted by molar-refractivity contribution is 6.32. The average molecular weight is 465 g/mol. The van der Waals surface area contributed by atoms with Gasteiger partial charge >= 0.3 is 6.18 Å². The highest BCUT2D eigenvalue weighted by Gasteiger charge is 2.41. The van der Waals surface area contributed by atoms with E-state index in [0.29, 0.717) is 9.41 Å². The van der Waals surface area contributed by atoms with E-state index in [1.165, 1.54) is 37.6 Å². The van der Waals surface area contributed by atoms with Gasteiger partial charge in [0.15, 0.2) is 23.9 Å². The Morgan fingerprint density at radius 2 is 1.94 bits per heavy atom. The zero-order valence-corrected chi connectivity index (χ0v) is 16.8. The van der Waals surface area contributed by atoms with E-state index in [1.54, 1.807) is 0 Å². The Bertz CT molecular complexity index is 1300. The number of halogens is 4. The molecule has 1 amide bonds. The number of hydrogen-bond donors (Lipinski definition) is 1. The van der Waals surface area contributed by atoms with E-state index in [4.69, 9.17) is 11.6 Å². The van der Waals surface area contributed by atoms with Crippen molar-refractivity contribution in [3.05, 3.63) is 76.4 Å². The van der Waals surface area contributed by atoms with Crippen molar-refractivity contribution in [3.63, 3.8) is 0 Å². The molecule has 0 aliphatic carbocycles. The molecule has 4 rings (SSSR count). The first-order chi connectivity index (χ1) is 15.1. The van der Waals surface area contributed by atoms with Crippen LogP contribution < -0.4 is 10.0 Å². The predicted molar refractivity (Wildman–Crippen MR) is 104 cm³/mol. The molecule has 0 spiro atoms. The van der Waals surface area contributed by atoms with Crippen molar-refractivity contribution in [1.82, 2.24) is 29.8 Å². The van der Waals surface area contributed by atoms with Crippen LogP contribution in [0, 0.1) is 12.1 Å². The van der Waals surface area contributed by atoms with Crippen LogP contribution in [0.25, 0.3) is 11.5 Å². The highest BCUT2D eigenvalue weighted by Crippen LogP contribution is 2.34. The predicted octanol–water partition coefficient (Wildman–Crippen LogP) is 2.71. The second-order valence-corrected chi connectivity index (χ2v) is 6.90. The molecule has 1 N–H and O–H groups in total. The molecule has 4 aromatic rings. The van der Waals surface area contributed by atoms with E-state index < -0.39 is 23.3 Å². The van der Waals surface area contributed by atoms with Gasteiger partial charge in [0.05, 0.1) is 46.7 Å². The second-order valence-electron chi connectivity index (χ2n) is 6.49. The molecule has 0 aliphatic heterocycles. The minimum Gasteiger partial charge on any atom is -0.619 e. The zero-order valence-electron chi connectivity index (χ0n) is 16.1. The number of anilines is 1. The quantitative estimate of drug-likeness (QED) is 0.366.